The van der Waals surface area contributed by atoms with Gasteiger partial charge in [0.1, 0.15) is 10.6 Å². The predicted octanol–water partition coefficient (Wildman–Crippen LogP) is 18.8. The van der Waals surface area contributed by atoms with Crippen LogP contribution in [0.3, 0.4) is 0 Å². The SMILES string of the molecule is COc1ccc(C23c4c5c6c7c8c9c%10c%11c(c2c2c%12c3c3c%13c4c6c4c6c%13c%13c3c3c%12c%12c%14c2c%11c2c%11c%10c%10c8c8c7c4c4c6c6c%13c7c3c%12c3c(c%142)c2c%11c%10c%10c8c4c4c%10c2c3c7c64)C59C(Cl)Cl)cc1. The van der Waals surface area contributed by atoms with Crippen LogP contribution in [0.5, 0.6) is 5.75 Å². The first-order valence-corrected chi connectivity index (χ1v) is 26.8. The van der Waals surface area contributed by atoms with Gasteiger partial charge in [-0.3, -0.25) is 0 Å². The fourth-order valence-corrected chi connectivity index (χ4v) is 25.6. The van der Waals surface area contributed by atoms with E-state index in [1.54, 1.807) is 248 Å². The molecule has 300 valence electrons. The standard InChI is InChI=1S/C68H8Cl2O/c1-71-7-4-2-6(3-5-7)67-60-52-43-36-23-16-10-11-13-9-8-12(10)21(23)27-25-14(8)18-15(9)26-28-22(13)24-17(11)20-19(16)30-38-31(20)40-37(24)44-42(28)46-33(26)35-29(18)34-32(25)45(41(27)43)56(60)58-47(34)48(35)59-57(46)61-53(44)50(40)55-51(38)54(49(52)39(30)36)62(67)64(55)68(61,66(69)70)65(59)63(58)67/h2-5,66H,1H3. The Morgan fingerprint density at radius 1 is 0.254 bits per heavy atom. The predicted molar refractivity (Wildman–Crippen MR) is 300 cm³/mol. The summed E-state index contributed by atoms with van der Waals surface area (Å²) in [6, 6.07) is 9.52. The van der Waals surface area contributed by atoms with Gasteiger partial charge in [0.2, 0.25) is 0 Å². The quantitative estimate of drug-likeness (QED) is 0.127. The van der Waals surface area contributed by atoms with Crippen LogP contribution >= 0.6 is 23.2 Å². The molecule has 71 heavy (non-hydrogen) atoms. The number of hydrogen-bond acceptors (Lipinski definition) is 1. The van der Waals surface area contributed by atoms with Crippen LogP contribution in [0.2, 0.25) is 0 Å². The summed E-state index contributed by atoms with van der Waals surface area (Å²) < 4.78 is 6.06. The van der Waals surface area contributed by atoms with Crippen molar-refractivity contribution < 1.29 is 4.74 Å². The van der Waals surface area contributed by atoms with Gasteiger partial charge < -0.3 is 4.74 Å². The minimum absolute atomic E-state index is 0.583. The molecule has 0 spiro atoms. The van der Waals surface area contributed by atoms with Crippen LogP contribution < -0.4 is 4.74 Å². The highest BCUT2D eigenvalue weighted by Crippen LogP contribution is 2.85. The molecule has 33 rings (SSSR count). The highest BCUT2D eigenvalue weighted by molar-refractivity contribution is 6.81. The Morgan fingerprint density at radius 3 is 0.746 bits per heavy atom. The number of alkyl halides is 2. The molecule has 0 saturated carbocycles. The highest BCUT2D eigenvalue weighted by Gasteiger charge is 2.68. The second kappa shape index (κ2) is 6.27. The average molecular weight is 912 g/mol. The summed E-state index contributed by atoms with van der Waals surface area (Å²) in [7, 11) is 1.82. The molecule has 0 aliphatic heterocycles. The maximum absolute atomic E-state index is 8.39. The van der Waals surface area contributed by atoms with E-state index in [4.69, 9.17) is 27.9 Å². The lowest BCUT2D eigenvalue weighted by Gasteiger charge is -2.49. The van der Waals surface area contributed by atoms with E-state index in [1.807, 2.05) is 7.11 Å². The minimum atomic E-state index is -0.749. The fourth-order valence-electron chi connectivity index (χ4n) is 24.9. The van der Waals surface area contributed by atoms with Crippen molar-refractivity contribution in [3.8, 4) is 5.75 Å². The molecule has 0 N–H and O–H groups in total. The van der Waals surface area contributed by atoms with Crippen molar-refractivity contribution >= 4 is 303 Å². The third kappa shape index (κ3) is 1.49. The van der Waals surface area contributed by atoms with Gasteiger partial charge in [-0.15, -0.1) is 23.2 Å². The largest absolute Gasteiger partial charge is 0.497 e. The molecule has 0 fully saturated rings. The van der Waals surface area contributed by atoms with Crippen molar-refractivity contribution in [1.29, 1.82) is 0 Å². The molecule has 0 aromatic heterocycles. The van der Waals surface area contributed by atoms with E-state index in [0.29, 0.717) is 0 Å². The number of methoxy groups -OCH3 is 1. The van der Waals surface area contributed by atoms with Gasteiger partial charge in [0.15, 0.2) is 0 Å². The Bertz CT molecular complexity index is 7460. The fraction of sp³-hybridized carbons (Fsp3) is 0.0588. The van der Waals surface area contributed by atoms with E-state index in [0.717, 1.165) is 5.75 Å². The second-order valence-electron chi connectivity index (χ2n) is 25.3. The first-order valence-electron chi connectivity index (χ1n) is 25.9. The zero-order valence-electron chi connectivity index (χ0n) is 36.1. The first-order chi connectivity index (χ1) is 35.2. The topological polar surface area (TPSA) is 9.23 Å². The summed E-state index contributed by atoms with van der Waals surface area (Å²) in [5, 5.41) is 82.1. The van der Waals surface area contributed by atoms with Crippen LogP contribution in [0.15, 0.2) is 24.3 Å². The van der Waals surface area contributed by atoms with Gasteiger partial charge in [0.25, 0.3) is 0 Å². The van der Waals surface area contributed by atoms with Gasteiger partial charge >= 0.3 is 0 Å². The smallest absolute Gasteiger partial charge is 0.125 e. The van der Waals surface area contributed by atoms with E-state index in [-0.39, 0.29) is 0 Å². The maximum atomic E-state index is 8.39. The zero-order chi connectivity index (χ0) is 42.8. The lowest BCUT2D eigenvalue weighted by molar-refractivity contribution is 0.414. The molecule has 1 nitrogen and oxygen atoms in total. The lowest BCUT2D eigenvalue weighted by atomic mass is 9.52. The molecule has 28 aromatic carbocycles. The summed E-state index contributed by atoms with van der Waals surface area (Å²) in [5.41, 5.74) is 9.11. The lowest BCUT2D eigenvalue weighted by Crippen LogP contribution is -2.46. The van der Waals surface area contributed by atoms with Gasteiger partial charge in [-0.2, -0.15) is 0 Å². The molecule has 2 atom stereocenters. The van der Waals surface area contributed by atoms with Crippen LogP contribution in [-0.4, -0.2) is 11.9 Å². The summed E-state index contributed by atoms with van der Waals surface area (Å²) in [6.45, 7) is 0. The Hall–Kier alpha value is -7.94. The third-order valence-electron chi connectivity index (χ3n) is 25.2. The first kappa shape index (κ1) is 27.5. The Balaban J connectivity index is 1.20. The molecular weight excluding hydrogens is 904 g/mol. The summed E-state index contributed by atoms with van der Waals surface area (Å²) in [6.07, 6.45) is 0. The van der Waals surface area contributed by atoms with Gasteiger partial charge in [0.05, 0.1) is 17.9 Å². The van der Waals surface area contributed by atoms with Crippen molar-refractivity contribution in [2.24, 2.45) is 0 Å². The summed E-state index contributed by atoms with van der Waals surface area (Å²) in [5.74, 6) is 0.909. The van der Waals surface area contributed by atoms with Crippen molar-refractivity contribution in [3.63, 3.8) is 0 Å². The van der Waals surface area contributed by atoms with Crippen molar-refractivity contribution in [2.45, 2.75) is 15.7 Å². The molecular formula is C68H8Cl2O. The molecule has 3 heteroatoms. The average Bonchev–Trinajstić information content (AvgIpc) is 4.42. The number of rotatable bonds is 3. The molecule has 0 saturated heterocycles. The highest BCUT2D eigenvalue weighted by atomic mass is 35.5. The minimum Gasteiger partial charge on any atom is -0.497 e. The number of halogens is 2. The van der Waals surface area contributed by atoms with Crippen molar-refractivity contribution in [3.05, 3.63) is 63.2 Å². The molecule has 0 radical (unpaired) electrons. The van der Waals surface area contributed by atoms with E-state index in [9.17, 15) is 0 Å². The van der Waals surface area contributed by atoms with Gasteiger partial charge in [0, 0.05) is 0 Å². The van der Waals surface area contributed by atoms with Crippen LogP contribution in [-0.2, 0) is 10.8 Å². The van der Waals surface area contributed by atoms with Gasteiger partial charge in [-0.25, -0.2) is 0 Å². The number of hydrogen-bond donors (Lipinski definition) is 0. The summed E-state index contributed by atoms with van der Waals surface area (Å²) in [4.78, 5) is -0.708. The van der Waals surface area contributed by atoms with Crippen LogP contribution in [0.25, 0.3) is 280 Å². The van der Waals surface area contributed by atoms with Crippen LogP contribution in [0.4, 0.5) is 0 Å². The summed E-state index contributed by atoms with van der Waals surface area (Å²) >= 11 is 16.8. The van der Waals surface area contributed by atoms with E-state index < -0.39 is 15.7 Å². The van der Waals surface area contributed by atoms with Crippen LogP contribution in [0, 0.1) is 0 Å². The Morgan fingerprint density at radius 2 is 0.451 bits per heavy atom. The third-order valence-corrected chi connectivity index (χ3v) is 25.8. The maximum Gasteiger partial charge on any atom is 0.125 e. The molecule has 28 aromatic rings. The van der Waals surface area contributed by atoms with Crippen molar-refractivity contribution in [2.75, 3.05) is 7.11 Å². The van der Waals surface area contributed by atoms with Gasteiger partial charge in [-0.1, -0.05) is 12.1 Å². The molecule has 0 heterocycles. The van der Waals surface area contributed by atoms with E-state index >= 15 is 0 Å². The molecule has 2 unspecified atom stereocenters. The van der Waals surface area contributed by atoms with E-state index in [2.05, 4.69) is 24.3 Å². The molecule has 0 bridgehead atoms. The Labute approximate surface area is 397 Å². The second-order valence-corrected chi connectivity index (χ2v) is 26.4. The van der Waals surface area contributed by atoms with Crippen molar-refractivity contribution in [1.82, 2.24) is 0 Å². The number of benzene rings is 18. The molecule has 5 aliphatic rings. The monoisotopic (exact) mass is 910 g/mol. The Kier molecular flexibility index (Phi) is 2.43. The van der Waals surface area contributed by atoms with Crippen LogP contribution in [0.1, 0.15) is 38.9 Å². The number of ether oxygens (including phenoxy) is 1. The zero-order valence-corrected chi connectivity index (χ0v) is 37.6. The van der Waals surface area contributed by atoms with E-state index in [1.165, 1.54) is 71.1 Å². The van der Waals surface area contributed by atoms with Gasteiger partial charge in [-0.05, 0) is 331 Å². The normalized spacial score (nSPS) is 21.7. The molecule has 5 aliphatic carbocycles. The molecule has 0 amide bonds.